The van der Waals surface area contributed by atoms with E-state index in [1.165, 1.54) is 0 Å². The van der Waals surface area contributed by atoms with Gasteiger partial charge in [-0.15, -0.1) is 0 Å². The van der Waals surface area contributed by atoms with Gasteiger partial charge < -0.3 is 28.8 Å². The van der Waals surface area contributed by atoms with Gasteiger partial charge in [0.15, 0.2) is 0 Å². The van der Waals surface area contributed by atoms with Gasteiger partial charge in [0, 0.05) is 0 Å². The molecule has 0 aromatic carbocycles. The summed E-state index contributed by atoms with van der Waals surface area (Å²) in [4.78, 5) is 21.6. The molecule has 9 heteroatoms. The summed E-state index contributed by atoms with van der Waals surface area (Å²) in [5.74, 6) is 0. The first kappa shape index (κ1) is 36.2. The van der Waals surface area contributed by atoms with Crippen LogP contribution in [0.5, 0.6) is 0 Å². The number of rotatable bonds is 0. The molecular formula is H3BF3O4P. The van der Waals surface area contributed by atoms with Crippen LogP contribution in [0.1, 0.15) is 0 Å². The van der Waals surface area contributed by atoms with Crippen LogP contribution in [-0.2, 0) is 4.57 Å². The van der Waals surface area contributed by atoms with Gasteiger partial charge in [-0.25, -0.2) is 4.57 Å². The maximum absolute atomic E-state index is 8.88. The van der Waals surface area contributed by atoms with Gasteiger partial charge in [-0.3, -0.25) is 0 Å². The van der Waals surface area contributed by atoms with Crippen LogP contribution in [0, 0.1) is 0 Å². The summed E-state index contributed by atoms with van der Waals surface area (Å²) in [5, 5.41) is 0. The second kappa shape index (κ2) is 10.9. The molecule has 0 saturated heterocycles. The van der Waals surface area contributed by atoms with Crippen molar-refractivity contribution in [2.75, 3.05) is 0 Å². The molecule has 0 rings (SSSR count). The maximum Gasteiger partial charge on any atom is 3.00 e. The Kier molecular flexibility index (Phi) is 43.7. The summed E-state index contributed by atoms with van der Waals surface area (Å²) in [5.41, 5.74) is 0. The topological polar surface area (TPSA) is 77.8 Å². The summed E-state index contributed by atoms with van der Waals surface area (Å²) >= 11 is 0. The van der Waals surface area contributed by atoms with E-state index in [0.29, 0.717) is 0 Å². The van der Waals surface area contributed by atoms with Gasteiger partial charge in [0.2, 0.25) is 0 Å². The van der Waals surface area contributed by atoms with Crippen LogP contribution in [0.4, 0.5) is 0 Å². The average molecular weight is 166 g/mol. The Hall–Kier alpha value is -0.0351. The zero-order valence-corrected chi connectivity index (χ0v) is 4.80. The van der Waals surface area contributed by atoms with Crippen molar-refractivity contribution < 1.29 is 33.4 Å². The third-order valence-electron chi connectivity index (χ3n) is 0. The molecule has 0 aliphatic rings. The molecule has 0 aliphatic heterocycles. The second-order valence-electron chi connectivity index (χ2n) is 0.513. The van der Waals surface area contributed by atoms with Gasteiger partial charge in [-0.2, -0.15) is 0 Å². The third kappa shape index (κ3) is 230000. The fraction of sp³-hybridized carbons (Fsp3) is 0. The fourth-order valence-electron chi connectivity index (χ4n) is 0. The largest absolute Gasteiger partial charge is 3.00 e. The van der Waals surface area contributed by atoms with Crippen LogP contribution < -0.4 is 14.1 Å². The molecule has 0 bridgehead atoms. The molecule has 0 amide bonds. The predicted molar refractivity (Wildman–Crippen MR) is 20.0 cm³/mol. The first-order chi connectivity index (χ1) is 2.00. The van der Waals surface area contributed by atoms with Gasteiger partial charge in [-0.05, 0) is 0 Å². The van der Waals surface area contributed by atoms with E-state index >= 15 is 0 Å². The molecule has 4 nitrogen and oxygen atoms in total. The van der Waals surface area contributed by atoms with Crippen molar-refractivity contribution in [3.8, 4) is 0 Å². The van der Waals surface area contributed by atoms with E-state index in [4.69, 9.17) is 19.2 Å². The van der Waals surface area contributed by atoms with Crippen molar-refractivity contribution in [1.29, 1.82) is 0 Å². The standard InChI is InChI=1S/B.3FH.H3O4P/c;;;;1-5(2,3)4/h;3*1H;(H3,1,2,3,4)/q+3;;;;/p-3. The summed E-state index contributed by atoms with van der Waals surface area (Å²) in [6.45, 7) is 0. The zero-order valence-electron chi connectivity index (χ0n) is 3.91. The molecule has 0 atom stereocenters. The smallest absolute Gasteiger partial charge is 1.00 e. The van der Waals surface area contributed by atoms with E-state index in [1.807, 2.05) is 0 Å². The normalized spacial score (nSPS) is 6.56. The second-order valence-corrected chi connectivity index (χ2v) is 1.54. The quantitative estimate of drug-likeness (QED) is 0.246. The Labute approximate surface area is 50.8 Å². The Balaban J connectivity index is -0.0000000133. The van der Waals surface area contributed by atoms with Crippen molar-refractivity contribution in [1.82, 2.24) is 0 Å². The molecule has 9 heavy (non-hydrogen) atoms. The summed E-state index contributed by atoms with van der Waals surface area (Å²) in [7, 11) is -4.64. The third-order valence-corrected chi connectivity index (χ3v) is 0. The van der Waals surface area contributed by atoms with Crippen molar-refractivity contribution in [3.05, 3.63) is 0 Å². The molecule has 0 saturated carbocycles. The van der Waals surface area contributed by atoms with Crippen molar-refractivity contribution in [2.24, 2.45) is 0 Å². The Morgan fingerprint density at radius 1 is 0.889 bits per heavy atom. The summed E-state index contributed by atoms with van der Waals surface area (Å²) in [6.07, 6.45) is 0. The zero-order chi connectivity index (χ0) is 4.50. The van der Waals surface area contributed by atoms with Crippen LogP contribution in [0.15, 0.2) is 0 Å². The Bertz CT molecular complexity index is 61.9. The van der Waals surface area contributed by atoms with E-state index in [9.17, 15) is 0 Å². The molecule has 0 aliphatic carbocycles. The molecule has 0 aromatic heterocycles. The molecule has 0 spiro atoms. The van der Waals surface area contributed by atoms with Gasteiger partial charge in [0.1, 0.15) is 0 Å². The van der Waals surface area contributed by atoms with Crippen LogP contribution in [0.3, 0.4) is 0 Å². The fourth-order valence-corrected chi connectivity index (χ4v) is 0. The maximum atomic E-state index is 8.88. The van der Waals surface area contributed by atoms with Crippen LogP contribution in [0.25, 0.3) is 0 Å². The van der Waals surface area contributed by atoms with Crippen LogP contribution in [-0.4, -0.2) is 23.1 Å². The first-order valence-electron chi connectivity index (χ1n) is 0.783. The molecular weight excluding hydrogens is 163 g/mol. The molecule has 3 N–H and O–H groups in total. The Morgan fingerprint density at radius 3 is 0.889 bits per heavy atom. The minimum absolute atomic E-state index is 0. The van der Waals surface area contributed by atoms with E-state index in [1.54, 1.807) is 0 Å². The van der Waals surface area contributed by atoms with E-state index < -0.39 is 7.82 Å². The SMILES string of the molecule is O=P(O)(O)O.[B+3].[F-].[F-].[F-]. The van der Waals surface area contributed by atoms with E-state index in [2.05, 4.69) is 0 Å². The molecule has 0 fully saturated rings. The molecule has 0 radical (unpaired) electrons. The van der Waals surface area contributed by atoms with Crippen molar-refractivity contribution >= 4 is 16.2 Å². The average Bonchev–Trinajstić information content (AvgIpc) is 0.722. The number of hydrogen-bond acceptors (Lipinski definition) is 1. The number of phosphoric acid groups is 1. The van der Waals surface area contributed by atoms with Gasteiger partial charge >= 0.3 is 16.2 Å². The summed E-state index contributed by atoms with van der Waals surface area (Å²) < 4.78 is 8.88. The molecule has 0 aromatic rings. The van der Waals surface area contributed by atoms with Crippen LogP contribution in [0.2, 0.25) is 0 Å². The Morgan fingerprint density at radius 2 is 0.889 bits per heavy atom. The molecule has 56 valence electrons. The summed E-state index contributed by atoms with van der Waals surface area (Å²) in [6, 6.07) is 0. The first-order valence-corrected chi connectivity index (χ1v) is 2.35. The van der Waals surface area contributed by atoms with E-state index in [0.717, 1.165) is 0 Å². The predicted octanol–water partition coefficient (Wildman–Crippen LogP) is -10.3. The monoisotopic (exact) mass is 166 g/mol. The molecule has 0 unspecified atom stereocenters. The number of hydrogen-bond donors (Lipinski definition) is 3. The minimum atomic E-state index is -4.64. The molecule has 0 heterocycles. The van der Waals surface area contributed by atoms with Crippen LogP contribution >= 0.6 is 7.82 Å². The van der Waals surface area contributed by atoms with Crippen molar-refractivity contribution in [3.63, 3.8) is 0 Å². The van der Waals surface area contributed by atoms with Crippen molar-refractivity contribution in [2.45, 2.75) is 0 Å². The van der Waals surface area contributed by atoms with Gasteiger partial charge in [0.05, 0.1) is 0 Å². The van der Waals surface area contributed by atoms with E-state index in [-0.39, 0.29) is 22.5 Å². The minimum Gasteiger partial charge on any atom is -1.00 e. The number of halogens is 3. The van der Waals surface area contributed by atoms with Gasteiger partial charge in [0.25, 0.3) is 0 Å². The van der Waals surface area contributed by atoms with Gasteiger partial charge in [-0.1, -0.05) is 0 Å².